The topological polar surface area (TPSA) is 75.8 Å². The molecule has 3 rings (SSSR count). The van der Waals surface area contributed by atoms with Crippen molar-refractivity contribution in [3.8, 4) is 0 Å². The second kappa shape index (κ2) is 6.08. The lowest BCUT2D eigenvalue weighted by molar-refractivity contribution is 0.0549. The first-order chi connectivity index (χ1) is 10.6. The minimum absolute atomic E-state index is 0.0287. The van der Waals surface area contributed by atoms with Crippen molar-refractivity contribution in [3.05, 3.63) is 29.3 Å². The molecule has 0 atom stereocenters. The molecule has 2 aliphatic rings. The molecule has 22 heavy (non-hydrogen) atoms. The monoisotopic (exact) mass is 319 g/mol. The molecule has 0 aromatic heterocycles. The summed E-state index contributed by atoms with van der Waals surface area (Å²) in [5, 5.41) is 0. The number of benzene rings is 1. The van der Waals surface area contributed by atoms with Gasteiger partial charge in [0.25, 0.3) is 11.8 Å². The molecule has 0 unspecified atom stereocenters. The zero-order chi connectivity index (χ0) is 15.7. The van der Waals surface area contributed by atoms with E-state index in [4.69, 9.17) is 17.3 Å². The highest BCUT2D eigenvalue weighted by atomic mass is 35.5. The summed E-state index contributed by atoms with van der Waals surface area (Å²) in [7, 11) is 0. The first-order valence-electron chi connectivity index (χ1n) is 7.52. The van der Waals surface area contributed by atoms with Gasteiger partial charge in [-0.05, 0) is 31.0 Å². The maximum Gasteiger partial charge on any atom is 0.261 e. The Morgan fingerprint density at radius 1 is 1.18 bits per heavy atom. The molecule has 1 fully saturated rings. The number of halogens is 1. The summed E-state index contributed by atoms with van der Waals surface area (Å²) in [6, 6.07) is 4.99. The summed E-state index contributed by atoms with van der Waals surface area (Å²) in [4.78, 5) is 30.7. The molecule has 1 aliphatic heterocycles. The first-order valence-corrected chi connectivity index (χ1v) is 8.06. The highest BCUT2D eigenvalue weighted by molar-refractivity contribution is 6.28. The van der Waals surface area contributed by atoms with Crippen molar-refractivity contribution in [1.82, 2.24) is 4.90 Å². The van der Waals surface area contributed by atoms with Crippen molar-refractivity contribution in [2.24, 2.45) is 10.7 Å². The van der Waals surface area contributed by atoms with Crippen LogP contribution in [-0.4, -0.2) is 34.5 Å². The average molecular weight is 320 g/mol. The van der Waals surface area contributed by atoms with Crippen LogP contribution in [0.2, 0.25) is 0 Å². The van der Waals surface area contributed by atoms with Gasteiger partial charge in [0.1, 0.15) is 5.84 Å². The van der Waals surface area contributed by atoms with E-state index >= 15 is 0 Å². The Balaban J connectivity index is 1.92. The van der Waals surface area contributed by atoms with Gasteiger partial charge >= 0.3 is 0 Å². The molecule has 116 valence electrons. The molecule has 0 radical (unpaired) electrons. The van der Waals surface area contributed by atoms with E-state index < -0.39 is 0 Å². The molecule has 1 heterocycles. The zero-order valence-electron chi connectivity index (χ0n) is 12.2. The molecule has 2 N–H and O–H groups in total. The van der Waals surface area contributed by atoms with E-state index in [1.807, 2.05) is 0 Å². The van der Waals surface area contributed by atoms with E-state index in [2.05, 4.69) is 4.99 Å². The number of carbonyl (C=O) groups excluding carboxylic acids is 2. The molecule has 1 saturated carbocycles. The molecule has 6 heteroatoms. The van der Waals surface area contributed by atoms with Gasteiger partial charge in [0.05, 0.1) is 22.7 Å². The standard InChI is InChI=1S/C16H18ClN3O2/c17-9-14(18)19-10-6-7-12-13(8-10)16(22)20(15(12)21)11-4-2-1-3-5-11/h6-8,11H,1-5,9H2,(H2,18,19). The Bertz CT molecular complexity index is 651. The van der Waals surface area contributed by atoms with E-state index in [9.17, 15) is 9.59 Å². The van der Waals surface area contributed by atoms with Gasteiger partial charge in [0.2, 0.25) is 0 Å². The van der Waals surface area contributed by atoms with Gasteiger partial charge in [0.15, 0.2) is 0 Å². The molecule has 1 aromatic rings. The summed E-state index contributed by atoms with van der Waals surface area (Å²) in [6.45, 7) is 0. The number of nitrogens with zero attached hydrogens (tertiary/aromatic N) is 2. The Labute approximate surface area is 134 Å². The lowest BCUT2D eigenvalue weighted by Crippen LogP contribution is -2.40. The lowest BCUT2D eigenvalue weighted by atomic mass is 9.94. The molecule has 1 aliphatic carbocycles. The number of hydrogen-bond donors (Lipinski definition) is 1. The molecule has 0 bridgehead atoms. The van der Waals surface area contributed by atoms with Crippen molar-refractivity contribution in [2.75, 3.05) is 5.88 Å². The number of fused-ring (bicyclic) bond motifs is 1. The van der Waals surface area contributed by atoms with Crippen molar-refractivity contribution in [1.29, 1.82) is 0 Å². The van der Waals surface area contributed by atoms with Crippen molar-refractivity contribution >= 4 is 34.9 Å². The highest BCUT2D eigenvalue weighted by Crippen LogP contribution is 2.32. The number of nitrogens with two attached hydrogens (primary N) is 1. The lowest BCUT2D eigenvalue weighted by Gasteiger charge is -2.29. The van der Waals surface area contributed by atoms with E-state index in [1.165, 1.54) is 11.3 Å². The molecule has 0 saturated heterocycles. The van der Waals surface area contributed by atoms with E-state index in [-0.39, 0.29) is 29.6 Å². The number of alkyl halides is 1. The Morgan fingerprint density at radius 3 is 2.55 bits per heavy atom. The van der Waals surface area contributed by atoms with Crippen molar-refractivity contribution < 1.29 is 9.59 Å². The van der Waals surface area contributed by atoms with Gasteiger partial charge in [-0.3, -0.25) is 14.5 Å². The summed E-state index contributed by atoms with van der Waals surface area (Å²) in [5.41, 5.74) is 7.03. The molecular weight excluding hydrogens is 302 g/mol. The van der Waals surface area contributed by atoms with Gasteiger partial charge in [0, 0.05) is 6.04 Å². The smallest absolute Gasteiger partial charge is 0.261 e. The molecule has 5 nitrogen and oxygen atoms in total. The van der Waals surface area contributed by atoms with Gasteiger partial charge in [-0.1, -0.05) is 19.3 Å². The summed E-state index contributed by atoms with van der Waals surface area (Å²) in [5.74, 6) is 0.00157. The fraction of sp³-hybridized carbons (Fsp3) is 0.438. The predicted molar refractivity (Wildman–Crippen MR) is 85.8 cm³/mol. The predicted octanol–water partition coefficient (Wildman–Crippen LogP) is 2.84. The number of carbonyl (C=O) groups is 2. The maximum atomic E-state index is 12.6. The third-order valence-corrected chi connectivity index (χ3v) is 4.52. The SMILES string of the molecule is NC(CCl)=Nc1ccc2c(c1)C(=O)N(C1CCCCC1)C2=O. The number of rotatable bonds is 3. The van der Waals surface area contributed by atoms with Crippen LogP contribution in [0.5, 0.6) is 0 Å². The van der Waals surface area contributed by atoms with Crippen LogP contribution in [0.1, 0.15) is 52.8 Å². The number of aliphatic imine (C=N–C) groups is 1. The van der Waals surface area contributed by atoms with Crippen LogP contribution < -0.4 is 5.73 Å². The quantitative estimate of drug-likeness (QED) is 0.403. The molecular formula is C16H18ClN3O2. The van der Waals surface area contributed by atoms with Crippen LogP contribution in [0, 0.1) is 0 Å². The maximum absolute atomic E-state index is 12.6. The van der Waals surface area contributed by atoms with Gasteiger partial charge < -0.3 is 5.73 Å². The van der Waals surface area contributed by atoms with Crippen LogP contribution in [0.15, 0.2) is 23.2 Å². The number of imide groups is 1. The third-order valence-electron chi connectivity index (χ3n) is 4.25. The minimum atomic E-state index is -0.214. The van der Waals surface area contributed by atoms with Crippen LogP contribution in [0.3, 0.4) is 0 Å². The van der Waals surface area contributed by atoms with Crippen molar-refractivity contribution in [3.63, 3.8) is 0 Å². The number of hydrogen-bond acceptors (Lipinski definition) is 3. The Hall–Kier alpha value is -1.88. The summed E-state index contributed by atoms with van der Waals surface area (Å²) < 4.78 is 0. The molecule has 1 aromatic carbocycles. The van der Waals surface area contributed by atoms with E-state index in [0.29, 0.717) is 16.8 Å². The van der Waals surface area contributed by atoms with Crippen LogP contribution in [0.25, 0.3) is 0 Å². The average Bonchev–Trinajstić information content (AvgIpc) is 2.79. The second-order valence-electron chi connectivity index (χ2n) is 5.74. The first kappa shape index (κ1) is 15.0. The molecule has 2 amide bonds. The molecule has 0 spiro atoms. The second-order valence-corrected chi connectivity index (χ2v) is 6.01. The zero-order valence-corrected chi connectivity index (χ0v) is 13.0. The number of amidine groups is 1. The largest absolute Gasteiger partial charge is 0.386 e. The Kier molecular flexibility index (Phi) is 4.16. The highest BCUT2D eigenvalue weighted by Gasteiger charge is 2.40. The minimum Gasteiger partial charge on any atom is -0.386 e. The van der Waals surface area contributed by atoms with Crippen LogP contribution in [-0.2, 0) is 0 Å². The van der Waals surface area contributed by atoms with Crippen molar-refractivity contribution in [2.45, 2.75) is 38.1 Å². The van der Waals surface area contributed by atoms with Crippen LogP contribution >= 0.6 is 11.6 Å². The number of amides is 2. The summed E-state index contributed by atoms with van der Waals surface area (Å²) in [6.07, 6.45) is 5.11. The fourth-order valence-electron chi connectivity index (χ4n) is 3.18. The van der Waals surface area contributed by atoms with Gasteiger partial charge in [-0.2, -0.15) is 0 Å². The summed E-state index contributed by atoms with van der Waals surface area (Å²) >= 11 is 5.61. The van der Waals surface area contributed by atoms with Crippen LogP contribution in [0.4, 0.5) is 5.69 Å². The Morgan fingerprint density at radius 2 is 1.86 bits per heavy atom. The van der Waals surface area contributed by atoms with E-state index in [0.717, 1.165) is 25.7 Å². The van der Waals surface area contributed by atoms with E-state index in [1.54, 1.807) is 18.2 Å². The third kappa shape index (κ3) is 2.61. The normalized spacial score (nSPS) is 19.7. The van der Waals surface area contributed by atoms with Gasteiger partial charge in [-0.15, -0.1) is 11.6 Å². The van der Waals surface area contributed by atoms with Gasteiger partial charge in [-0.25, -0.2) is 4.99 Å². The fourth-order valence-corrected chi connectivity index (χ4v) is 3.24.